The van der Waals surface area contributed by atoms with Crippen LogP contribution in [0.25, 0.3) is 0 Å². The number of rotatable bonds is 8. The van der Waals surface area contributed by atoms with E-state index in [1.165, 1.54) is 21.2 Å². The summed E-state index contributed by atoms with van der Waals surface area (Å²) in [6.45, 7) is 2.60. The van der Waals surface area contributed by atoms with E-state index >= 15 is 0 Å². The average Bonchev–Trinajstić information content (AvgIpc) is 2.61. The molecule has 1 heterocycles. The lowest BCUT2D eigenvalue weighted by Gasteiger charge is -2.24. The van der Waals surface area contributed by atoms with Crippen LogP contribution in [0.2, 0.25) is 0 Å². The first-order chi connectivity index (χ1) is 12.5. The van der Waals surface area contributed by atoms with Gasteiger partial charge in [0.25, 0.3) is 5.56 Å². The largest absolute Gasteiger partial charge is 0.383 e. The molecule has 0 aliphatic rings. The third-order valence-electron chi connectivity index (χ3n) is 3.97. The molecule has 7 nitrogen and oxygen atoms in total. The van der Waals surface area contributed by atoms with E-state index in [1.54, 1.807) is 0 Å². The zero-order valence-electron chi connectivity index (χ0n) is 15.0. The molecule has 0 unspecified atom stereocenters. The topological polar surface area (TPSA) is 101 Å². The van der Waals surface area contributed by atoms with Gasteiger partial charge in [0.15, 0.2) is 5.69 Å². The summed E-state index contributed by atoms with van der Waals surface area (Å²) in [6, 6.07) is 9.35. The number of amides is 1. The number of aromatic amines is 1. The molecule has 1 aromatic heterocycles. The Labute approximate surface area is 156 Å². The molecule has 26 heavy (non-hydrogen) atoms. The summed E-state index contributed by atoms with van der Waals surface area (Å²) >= 11 is 1.36. The number of carbonyl (C=O) groups excluding carboxylic acids is 1. The summed E-state index contributed by atoms with van der Waals surface area (Å²) in [4.78, 5) is 40.9. The van der Waals surface area contributed by atoms with E-state index in [0.29, 0.717) is 6.54 Å². The van der Waals surface area contributed by atoms with Crippen LogP contribution in [0, 0.1) is 0 Å². The Morgan fingerprint density at radius 3 is 2.58 bits per heavy atom. The van der Waals surface area contributed by atoms with Gasteiger partial charge in [0.05, 0.1) is 12.3 Å². The summed E-state index contributed by atoms with van der Waals surface area (Å²) in [5, 5.41) is 0. The summed E-state index contributed by atoms with van der Waals surface area (Å²) in [6.07, 6.45) is 3.43. The van der Waals surface area contributed by atoms with Crippen molar-refractivity contribution in [1.29, 1.82) is 0 Å². The number of nitrogens with two attached hydrogens (primary N) is 1. The highest BCUT2D eigenvalue weighted by molar-refractivity contribution is 7.99. The number of unbranched alkanes of at least 4 members (excludes halogenated alkanes) is 1. The van der Waals surface area contributed by atoms with Crippen LogP contribution in [0.4, 0.5) is 11.5 Å². The molecule has 1 amide bonds. The molecule has 140 valence electrons. The lowest BCUT2D eigenvalue weighted by atomic mass is 10.2. The molecule has 2 rings (SSSR count). The Morgan fingerprint density at radius 2 is 1.96 bits per heavy atom. The highest BCUT2D eigenvalue weighted by Gasteiger charge is 2.24. The Kier molecular flexibility index (Phi) is 7.08. The monoisotopic (exact) mass is 376 g/mol. The molecule has 0 fully saturated rings. The minimum Gasteiger partial charge on any atom is -0.383 e. The van der Waals surface area contributed by atoms with Crippen LogP contribution in [0.3, 0.4) is 0 Å². The van der Waals surface area contributed by atoms with E-state index in [2.05, 4.69) is 4.98 Å². The standard InChI is InChI=1S/C18H24N4O3S/c1-3-4-10-21-16(19)15(17(24)20-18(21)25)22(14(23)12-26-2)11-13-8-6-5-7-9-13/h5-9H,3-4,10-12,19H2,1-2H3,(H,20,24,25). The van der Waals surface area contributed by atoms with Crippen molar-refractivity contribution in [3.8, 4) is 0 Å². The quantitative estimate of drug-likeness (QED) is 0.732. The van der Waals surface area contributed by atoms with Gasteiger partial charge in [0, 0.05) is 6.54 Å². The second kappa shape index (κ2) is 9.28. The van der Waals surface area contributed by atoms with Crippen LogP contribution in [0.1, 0.15) is 25.3 Å². The van der Waals surface area contributed by atoms with Gasteiger partial charge >= 0.3 is 5.69 Å². The maximum absolute atomic E-state index is 12.7. The number of anilines is 2. The van der Waals surface area contributed by atoms with Gasteiger partial charge in [-0.1, -0.05) is 43.7 Å². The predicted molar refractivity (Wildman–Crippen MR) is 107 cm³/mol. The van der Waals surface area contributed by atoms with Crippen molar-refractivity contribution in [1.82, 2.24) is 9.55 Å². The van der Waals surface area contributed by atoms with Gasteiger partial charge < -0.3 is 5.73 Å². The molecule has 0 bridgehead atoms. The molecule has 1 aromatic carbocycles. The van der Waals surface area contributed by atoms with E-state index in [-0.39, 0.29) is 29.7 Å². The van der Waals surface area contributed by atoms with E-state index in [9.17, 15) is 14.4 Å². The van der Waals surface area contributed by atoms with Crippen LogP contribution in [0.5, 0.6) is 0 Å². The van der Waals surface area contributed by atoms with Crippen LogP contribution in [-0.4, -0.2) is 27.5 Å². The minimum atomic E-state index is -0.648. The summed E-state index contributed by atoms with van der Waals surface area (Å²) in [7, 11) is 0. The van der Waals surface area contributed by atoms with Crippen molar-refractivity contribution in [2.45, 2.75) is 32.9 Å². The number of benzene rings is 1. The fourth-order valence-corrected chi connectivity index (χ4v) is 3.04. The number of nitrogens with one attached hydrogen (secondary N) is 1. The van der Waals surface area contributed by atoms with Gasteiger partial charge in [-0.2, -0.15) is 11.8 Å². The predicted octanol–water partition coefficient (Wildman–Crippen LogP) is 1.82. The normalized spacial score (nSPS) is 10.7. The molecule has 0 aliphatic heterocycles. The SMILES string of the molecule is CCCCn1c(N)c(N(Cc2ccccc2)C(=O)CSC)c(=O)[nH]c1=O. The number of carbonyl (C=O) groups is 1. The second-order valence-electron chi connectivity index (χ2n) is 5.90. The molecule has 0 saturated carbocycles. The Hall–Kier alpha value is -2.48. The second-order valence-corrected chi connectivity index (χ2v) is 6.76. The van der Waals surface area contributed by atoms with Crippen molar-refractivity contribution < 1.29 is 4.79 Å². The molecule has 0 saturated heterocycles. The number of H-pyrrole nitrogens is 1. The van der Waals surface area contributed by atoms with Gasteiger partial charge in [0.2, 0.25) is 5.91 Å². The van der Waals surface area contributed by atoms with Crippen molar-refractivity contribution >= 4 is 29.2 Å². The van der Waals surface area contributed by atoms with Crippen LogP contribution in [-0.2, 0) is 17.9 Å². The number of aromatic nitrogens is 2. The maximum Gasteiger partial charge on any atom is 0.330 e. The van der Waals surface area contributed by atoms with E-state index in [1.807, 2.05) is 43.5 Å². The van der Waals surface area contributed by atoms with Gasteiger partial charge in [-0.25, -0.2) is 4.79 Å². The number of nitrogens with zero attached hydrogens (tertiary/aromatic N) is 2. The average molecular weight is 376 g/mol. The van der Waals surface area contributed by atoms with Crippen LogP contribution in [0.15, 0.2) is 39.9 Å². The molecule has 2 aromatic rings. The Bertz CT molecular complexity index is 861. The fraction of sp³-hybridized carbons (Fsp3) is 0.389. The smallest absolute Gasteiger partial charge is 0.330 e. The third kappa shape index (κ3) is 4.57. The first kappa shape index (κ1) is 19.8. The van der Waals surface area contributed by atoms with Gasteiger partial charge in [-0.3, -0.25) is 24.0 Å². The molecule has 0 radical (unpaired) electrons. The molecule has 0 atom stereocenters. The Morgan fingerprint density at radius 1 is 1.27 bits per heavy atom. The van der Waals surface area contributed by atoms with Crippen molar-refractivity contribution in [2.75, 3.05) is 22.6 Å². The van der Waals surface area contributed by atoms with Gasteiger partial charge in [-0.05, 0) is 18.2 Å². The third-order valence-corrected chi connectivity index (χ3v) is 4.51. The lowest BCUT2D eigenvalue weighted by molar-refractivity contribution is -0.116. The molecule has 8 heteroatoms. The van der Waals surface area contributed by atoms with Crippen molar-refractivity contribution in [2.24, 2.45) is 0 Å². The zero-order chi connectivity index (χ0) is 19.1. The highest BCUT2D eigenvalue weighted by atomic mass is 32.2. The number of thioether (sulfide) groups is 1. The van der Waals surface area contributed by atoms with Crippen LogP contribution < -0.4 is 21.9 Å². The molecule has 3 N–H and O–H groups in total. The molecule has 0 spiro atoms. The maximum atomic E-state index is 12.7. The number of hydrogen-bond acceptors (Lipinski definition) is 5. The Balaban J connectivity index is 2.54. The number of nitrogen functional groups attached to an aromatic ring is 1. The molecule has 0 aliphatic carbocycles. The van der Waals surface area contributed by atoms with Gasteiger partial charge in [0.1, 0.15) is 5.82 Å². The van der Waals surface area contributed by atoms with E-state index in [4.69, 9.17) is 5.73 Å². The number of hydrogen-bond donors (Lipinski definition) is 2. The summed E-state index contributed by atoms with van der Waals surface area (Å²) in [5.74, 6) is -0.00314. The minimum absolute atomic E-state index is 0.0255. The first-order valence-electron chi connectivity index (χ1n) is 8.45. The van der Waals surface area contributed by atoms with Crippen molar-refractivity contribution in [3.05, 3.63) is 56.7 Å². The highest BCUT2D eigenvalue weighted by Crippen LogP contribution is 2.21. The lowest BCUT2D eigenvalue weighted by Crippen LogP contribution is -2.41. The first-order valence-corrected chi connectivity index (χ1v) is 9.84. The van der Waals surface area contributed by atoms with E-state index < -0.39 is 11.2 Å². The van der Waals surface area contributed by atoms with Gasteiger partial charge in [-0.15, -0.1) is 0 Å². The van der Waals surface area contributed by atoms with Crippen LogP contribution >= 0.6 is 11.8 Å². The summed E-state index contributed by atoms with van der Waals surface area (Å²) in [5.41, 5.74) is 5.85. The zero-order valence-corrected chi connectivity index (χ0v) is 15.8. The molecular weight excluding hydrogens is 352 g/mol. The van der Waals surface area contributed by atoms with E-state index in [0.717, 1.165) is 18.4 Å². The summed E-state index contributed by atoms with van der Waals surface area (Å²) < 4.78 is 1.32. The molecular formula is C18H24N4O3S. The fourth-order valence-electron chi connectivity index (χ4n) is 2.64. The van der Waals surface area contributed by atoms with Crippen molar-refractivity contribution in [3.63, 3.8) is 0 Å².